The van der Waals surface area contributed by atoms with Crippen molar-refractivity contribution in [2.75, 3.05) is 20.7 Å². The fourth-order valence-corrected chi connectivity index (χ4v) is 1.17. The van der Waals surface area contributed by atoms with Crippen LogP contribution in [0.1, 0.15) is 33.6 Å². The second-order valence-corrected chi connectivity index (χ2v) is 4.39. The first-order valence-electron chi connectivity index (χ1n) is 6.14. The van der Waals surface area contributed by atoms with Crippen LogP contribution in [-0.2, 0) is 14.3 Å². The number of allylic oxidation sites excluding steroid dienone is 2. The summed E-state index contributed by atoms with van der Waals surface area (Å²) in [6, 6.07) is 0. The number of unbranched alkanes of at least 4 members (excludes halogenated alkanes) is 1. The molecule has 1 amide bonds. The zero-order valence-electron chi connectivity index (χ0n) is 11.9. The molecule has 0 N–H and O–H groups in total. The van der Waals surface area contributed by atoms with E-state index in [0.29, 0.717) is 17.8 Å². The van der Waals surface area contributed by atoms with Crippen LogP contribution in [0.4, 0.5) is 0 Å². The summed E-state index contributed by atoms with van der Waals surface area (Å²) in [4.78, 5) is 24.6. The van der Waals surface area contributed by atoms with Gasteiger partial charge in [-0.3, -0.25) is 4.79 Å². The third-order valence-electron chi connectivity index (χ3n) is 2.38. The van der Waals surface area contributed by atoms with Crippen LogP contribution in [0, 0.1) is 0 Å². The molecule has 0 atom stereocenters. The monoisotopic (exact) mass is 253 g/mol. The fraction of sp³-hybridized carbons (Fsp3) is 0.571. The Labute approximate surface area is 109 Å². The van der Waals surface area contributed by atoms with Gasteiger partial charge in [0.05, 0.1) is 6.61 Å². The Morgan fingerprint density at radius 3 is 2.17 bits per heavy atom. The molecule has 102 valence electrons. The van der Waals surface area contributed by atoms with Crippen molar-refractivity contribution >= 4 is 11.9 Å². The lowest BCUT2D eigenvalue weighted by atomic mass is 10.2. The van der Waals surface area contributed by atoms with E-state index in [-0.39, 0.29) is 11.9 Å². The predicted octanol–water partition coefficient (Wildman–Crippen LogP) is 2.31. The van der Waals surface area contributed by atoms with Crippen molar-refractivity contribution in [2.24, 2.45) is 0 Å². The number of esters is 1. The van der Waals surface area contributed by atoms with Crippen molar-refractivity contribution in [3.63, 3.8) is 0 Å². The Morgan fingerprint density at radius 2 is 1.67 bits per heavy atom. The van der Waals surface area contributed by atoms with Gasteiger partial charge in [0.2, 0.25) is 5.91 Å². The maximum Gasteiger partial charge on any atom is 0.333 e. The van der Waals surface area contributed by atoms with Gasteiger partial charge in [-0.15, -0.1) is 0 Å². The number of likely N-dealkylation sites (N-methyl/N-ethyl adjacent to an activating group) is 1. The summed E-state index contributed by atoms with van der Waals surface area (Å²) in [6.07, 6.45) is 5.11. The van der Waals surface area contributed by atoms with Crippen molar-refractivity contribution in [1.82, 2.24) is 4.90 Å². The lowest BCUT2D eigenvalue weighted by molar-refractivity contribution is -0.139. The smallest absolute Gasteiger partial charge is 0.333 e. The van der Waals surface area contributed by atoms with E-state index in [1.807, 2.05) is 6.92 Å². The summed E-state index contributed by atoms with van der Waals surface area (Å²) in [5, 5.41) is 0. The summed E-state index contributed by atoms with van der Waals surface area (Å²) in [5.74, 6) is -0.400. The SMILES string of the molecule is CCCCOC(=O)/C(C)=C/C=C(\C)C(=O)N(C)C. The zero-order chi connectivity index (χ0) is 14.1. The molecular weight excluding hydrogens is 230 g/mol. The molecular formula is C14H23NO3. The third-order valence-corrected chi connectivity index (χ3v) is 2.38. The van der Waals surface area contributed by atoms with E-state index >= 15 is 0 Å². The molecule has 18 heavy (non-hydrogen) atoms. The number of amides is 1. The number of nitrogens with zero attached hydrogens (tertiary/aromatic N) is 1. The molecule has 4 heteroatoms. The quantitative estimate of drug-likeness (QED) is 0.316. The molecule has 0 aliphatic rings. The maximum atomic E-state index is 11.5. The van der Waals surface area contributed by atoms with Gasteiger partial charge in [0.1, 0.15) is 0 Å². The van der Waals surface area contributed by atoms with E-state index in [2.05, 4.69) is 0 Å². The van der Waals surface area contributed by atoms with E-state index in [4.69, 9.17) is 4.74 Å². The topological polar surface area (TPSA) is 46.6 Å². The van der Waals surface area contributed by atoms with Crippen LogP contribution in [0.2, 0.25) is 0 Å². The van der Waals surface area contributed by atoms with E-state index < -0.39 is 0 Å². The summed E-state index contributed by atoms with van der Waals surface area (Å²) < 4.78 is 5.05. The van der Waals surface area contributed by atoms with Crippen molar-refractivity contribution < 1.29 is 14.3 Å². The van der Waals surface area contributed by atoms with Gasteiger partial charge < -0.3 is 9.64 Å². The number of carbonyl (C=O) groups excluding carboxylic acids is 2. The van der Waals surface area contributed by atoms with Crippen molar-refractivity contribution in [3.05, 3.63) is 23.3 Å². The van der Waals surface area contributed by atoms with Gasteiger partial charge in [-0.25, -0.2) is 4.79 Å². The first-order chi connectivity index (χ1) is 8.40. The largest absolute Gasteiger partial charge is 0.462 e. The molecule has 0 bridgehead atoms. The van der Waals surface area contributed by atoms with Crippen LogP contribution in [0.5, 0.6) is 0 Å². The number of hydrogen-bond donors (Lipinski definition) is 0. The number of carbonyl (C=O) groups is 2. The molecule has 0 aromatic heterocycles. The average molecular weight is 253 g/mol. The van der Waals surface area contributed by atoms with Gasteiger partial charge in [-0.05, 0) is 20.3 Å². The first kappa shape index (κ1) is 16.4. The highest BCUT2D eigenvalue weighted by Gasteiger charge is 2.07. The van der Waals surface area contributed by atoms with Crippen molar-refractivity contribution in [2.45, 2.75) is 33.6 Å². The molecule has 0 saturated carbocycles. The van der Waals surface area contributed by atoms with Crippen molar-refractivity contribution in [1.29, 1.82) is 0 Å². The number of ether oxygens (including phenoxy) is 1. The van der Waals surface area contributed by atoms with Crippen LogP contribution in [-0.4, -0.2) is 37.5 Å². The van der Waals surface area contributed by atoms with Crippen LogP contribution < -0.4 is 0 Å². The highest BCUT2D eigenvalue weighted by molar-refractivity contribution is 5.93. The highest BCUT2D eigenvalue weighted by Crippen LogP contribution is 2.03. The number of hydrogen-bond acceptors (Lipinski definition) is 3. The van der Waals surface area contributed by atoms with E-state index in [1.54, 1.807) is 40.1 Å². The Kier molecular flexibility index (Phi) is 7.76. The molecule has 0 fully saturated rings. The zero-order valence-corrected chi connectivity index (χ0v) is 11.9. The molecule has 0 unspecified atom stereocenters. The van der Waals surface area contributed by atoms with Gasteiger partial charge in [0.15, 0.2) is 0 Å². The van der Waals surface area contributed by atoms with E-state index in [1.165, 1.54) is 4.90 Å². The van der Waals surface area contributed by atoms with Crippen molar-refractivity contribution in [3.8, 4) is 0 Å². The molecule has 0 aromatic rings. The average Bonchev–Trinajstić information content (AvgIpc) is 2.34. The Hall–Kier alpha value is -1.58. The maximum absolute atomic E-state index is 11.5. The molecule has 4 nitrogen and oxygen atoms in total. The van der Waals surface area contributed by atoms with Crippen LogP contribution in [0.25, 0.3) is 0 Å². The summed E-state index contributed by atoms with van der Waals surface area (Å²) in [6.45, 7) is 5.88. The van der Waals surface area contributed by atoms with Gasteiger partial charge in [0, 0.05) is 25.2 Å². The molecule has 0 rings (SSSR count). The summed E-state index contributed by atoms with van der Waals surface area (Å²) in [5.41, 5.74) is 1.08. The summed E-state index contributed by atoms with van der Waals surface area (Å²) in [7, 11) is 3.38. The third kappa shape index (κ3) is 6.23. The lowest BCUT2D eigenvalue weighted by Gasteiger charge is -2.09. The van der Waals surface area contributed by atoms with Gasteiger partial charge in [-0.2, -0.15) is 0 Å². The Bertz CT molecular complexity index is 354. The minimum Gasteiger partial charge on any atom is -0.462 e. The van der Waals surface area contributed by atoms with Crippen LogP contribution in [0.3, 0.4) is 0 Å². The second-order valence-electron chi connectivity index (χ2n) is 4.39. The van der Waals surface area contributed by atoms with Crippen LogP contribution in [0.15, 0.2) is 23.3 Å². The van der Waals surface area contributed by atoms with Gasteiger partial charge in [0.25, 0.3) is 0 Å². The fourth-order valence-electron chi connectivity index (χ4n) is 1.17. The Morgan fingerprint density at radius 1 is 1.11 bits per heavy atom. The predicted molar refractivity (Wildman–Crippen MR) is 72.1 cm³/mol. The minimum absolute atomic E-state index is 0.0709. The molecule has 0 spiro atoms. The standard InChI is InChI=1S/C14H23NO3/c1-6-7-10-18-14(17)12(3)9-8-11(2)13(16)15(4)5/h8-9H,6-7,10H2,1-5H3/b11-8+,12-9+. The highest BCUT2D eigenvalue weighted by atomic mass is 16.5. The van der Waals surface area contributed by atoms with Gasteiger partial charge in [-0.1, -0.05) is 25.5 Å². The molecule has 0 aromatic carbocycles. The minimum atomic E-state index is -0.329. The molecule has 0 radical (unpaired) electrons. The summed E-state index contributed by atoms with van der Waals surface area (Å²) >= 11 is 0. The Balaban J connectivity index is 4.45. The molecule has 0 aliphatic carbocycles. The molecule has 0 aliphatic heterocycles. The van der Waals surface area contributed by atoms with Crippen LogP contribution >= 0.6 is 0 Å². The van der Waals surface area contributed by atoms with E-state index in [0.717, 1.165) is 12.8 Å². The molecule has 0 saturated heterocycles. The van der Waals surface area contributed by atoms with E-state index in [9.17, 15) is 9.59 Å². The normalized spacial score (nSPS) is 12.3. The second kappa shape index (κ2) is 8.50. The number of rotatable bonds is 6. The lowest BCUT2D eigenvalue weighted by Crippen LogP contribution is -2.22. The molecule has 0 heterocycles. The first-order valence-corrected chi connectivity index (χ1v) is 6.14. The van der Waals surface area contributed by atoms with Gasteiger partial charge >= 0.3 is 5.97 Å².